The molecule has 2 atom stereocenters. The zero-order chi connectivity index (χ0) is 11.8. The van der Waals surface area contributed by atoms with E-state index in [9.17, 15) is 0 Å². The summed E-state index contributed by atoms with van der Waals surface area (Å²) in [5.41, 5.74) is 1.37. The van der Waals surface area contributed by atoms with Crippen molar-refractivity contribution in [1.82, 2.24) is 10.2 Å². The van der Waals surface area contributed by atoms with Gasteiger partial charge in [0.15, 0.2) is 5.96 Å². The van der Waals surface area contributed by atoms with Crippen molar-refractivity contribution in [2.45, 2.75) is 18.4 Å². The minimum atomic E-state index is 0. The zero-order valence-electron chi connectivity index (χ0n) is 10.3. The Morgan fingerprint density at radius 1 is 1.33 bits per heavy atom. The minimum absolute atomic E-state index is 0. The highest BCUT2D eigenvalue weighted by Crippen LogP contribution is 2.41. The molecule has 2 aliphatic rings. The summed E-state index contributed by atoms with van der Waals surface area (Å²) in [4.78, 5) is 6.63. The van der Waals surface area contributed by atoms with Gasteiger partial charge < -0.3 is 10.2 Å². The van der Waals surface area contributed by atoms with E-state index in [1.54, 1.807) is 0 Å². The Kier molecular flexibility index (Phi) is 4.37. The molecule has 1 N–H and O–H groups in total. The number of aliphatic imine (C=N–C) groups is 1. The first-order valence-electron chi connectivity index (χ1n) is 6.01. The van der Waals surface area contributed by atoms with Crippen LogP contribution in [0.5, 0.6) is 0 Å². The maximum atomic E-state index is 5.89. The second-order valence-electron chi connectivity index (χ2n) is 4.77. The number of halogens is 2. The highest BCUT2D eigenvalue weighted by atomic mass is 127. The molecule has 5 heteroatoms. The third-order valence-corrected chi connectivity index (χ3v) is 3.71. The van der Waals surface area contributed by atoms with Crippen LogP contribution in [0.4, 0.5) is 0 Å². The summed E-state index contributed by atoms with van der Waals surface area (Å²) in [5.74, 6) is 1.66. The lowest BCUT2D eigenvalue weighted by Gasteiger charge is -2.15. The molecule has 1 saturated carbocycles. The number of rotatable bonds is 2. The van der Waals surface area contributed by atoms with Gasteiger partial charge in [0.25, 0.3) is 0 Å². The van der Waals surface area contributed by atoms with Crippen molar-refractivity contribution < 1.29 is 0 Å². The normalized spacial score (nSPS) is 25.4. The molecule has 1 fully saturated rings. The fourth-order valence-corrected chi connectivity index (χ4v) is 2.41. The SMILES string of the molecule is CN1CCN=C1N[C@@H]1C[C@H]1c1ccc(Cl)cc1.I. The summed E-state index contributed by atoms with van der Waals surface area (Å²) >= 11 is 5.89. The number of nitrogens with zero attached hydrogens (tertiary/aromatic N) is 2. The van der Waals surface area contributed by atoms with E-state index in [0.717, 1.165) is 24.1 Å². The largest absolute Gasteiger partial charge is 0.353 e. The Labute approximate surface area is 130 Å². The number of hydrogen-bond donors (Lipinski definition) is 1. The molecule has 0 saturated heterocycles. The molecule has 0 spiro atoms. The van der Waals surface area contributed by atoms with Gasteiger partial charge in [-0.3, -0.25) is 4.99 Å². The Morgan fingerprint density at radius 2 is 2.06 bits per heavy atom. The first-order chi connectivity index (χ1) is 8.24. The lowest BCUT2D eigenvalue weighted by Crippen LogP contribution is -2.37. The maximum absolute atomic E-state index is 5.89. The van der Waals surface area contributed by atoms with Gasteiger partial charge in [0.05, 0.1) is 6.54 Å². The van der Waals surface area contributed by atoms with Crippen LogP contribution in [0, 0.1) is 0 Å². The molecule has 3 nitrogen and oxygen atoms in total. The summed E-state index contributed by atoms with van der Waals surface area (Å²) < 4.78 is 0. The molecular formula is C13H17ClIN3. The maximum Gasteiger partial charge on any atom is 0.194 e. The third-order valence-electron chi connectivity index (χ3n) is 3.46. The van der Waals surface area contributed by atoms with Crippen molar-refractivity contribution in [1.29, 1.82) is 0 Å². The van der Waals surface area contributed by atoms with Gasteiger partial charge in [-0.25, -0.2) is 0 Å². The standard InChI is InChI=1S/C13H16ClN3.HI/c1-17-7-6-15-13(17)16-12-8-11(12)9-2-4-10(14)5-3-9;/h2-5,11-12H,6-8H2,1H3,(H,15,16);1H/t11-,12+;/m0./s1. The van der Waals surface area contributed by atoms with E-state index in [2.05, 4.69) is 34.4 Å². The van der Waals surface area contributed by atoms with Crippen LogP contribution in [0.15, 0.2) is 29.3 Å². The number of likely N-dealkylation sites (N-methyl/N-ethyl adjacent to an activating group) is 1. The van der Waals surface area contributed by atoms with E-state index in [0.29, 0.717) is 12.0 Å². The molecule has 0 radical (unpaired) electrons. The van der Waals surface area contributed by atoms with Crippen LogP contribution in [0.1, 0.15) is 17.9 Å². The summed E-state index contributed by atoms with van der Waals surface area (Å²) in [5, 5.41) is 4.31. The Morgan fingerprint density at radius 3 is 2.67 bits per heavy atom. The lowest BCUT2D eigenvalue weighted by atomic mass is 10.1. The van der Waals surface area contributed by atoms with Gasteiger partial charge in [-0.05, 0) is 24.1 Å². The monoisotopic (exact) mass is 377 g/mol. The Balaban J connectivity index is 0.00000120. The van der Waals surface area contributed by atoms with Crippen molar-refractivity contribution in [3.8, 4) is 0 Å². The van der Waals surface area contributed by atoms with Crippen LogP contribution < -0.4 is 5.32 Å². The first-order valence-corrected chi connectivity index (χ1v) is 6.39. The van der Waals surface area contributed by atoms with Crippen LogP contribution in [0.25, 0.3) is 0 Å². The van der Waals surface area contributed by atoms with Gasteiger partial charge in [0, 0.05) is 30.6 Å². The predicted molar refractivity (Wildman–Crippen MR) is 86.1 cm³/mol. The molecule has 0 amide bonds. The lowest BCUT2D eigenvalue weighted by molar-refractivity contribution is 0.532. The first kappa shape index (κ1) is 13.9. The van der Waals surface area contributed by atoms with Crippen molar-refractivity contribution in [3.05, 3.63) is 34.9 Å². The van der Waals surface area contributed by atoms with Gasteiger partial charge in [0.1, 0.15) is 0 Å². The quantitative estimate of drug-likeness (QED) is 0.803. The molecule has 0 bridgehead atoms. The Hall–Kier alpha value is -0.490. The molecule has 3 rings (SSSR count). The number of guanidine groups is 1. The van der Waals surface area contributed by atoms with Crippen molar-refractivity contribution >= 4 is 41.5 Å². The molecule has 18 heavy (non-hydrogen) atoms. The summed E-state index contributed by atoms with van der Waals surface area (Å²) in [6, 6.07) is 8.70. The molecule has 1 aliphatic heterocycles. The molecule has 1 aromatic rings. The molecule has 98 valence electrons. The van der Waals surface area contributed by atoms with Crippen LogP contribution >= 0.6 is 35.6 Å². The average Bonchev–Trinajstić information content (AvgIpc) is 2.97. The highest BCUT2D eigenvalue weighted by molar-refractivity contribution is 14.0. The van der Waals surface area contributed by atoms with Gasteiger partial charge in [-0.15, -0.1) is 24.0 Å². The van der Waals surface area contributed by atoms with Crippen molar-refractivity contribution in [3.63, 3.8) is 0 Å². The smallest absolute Gasteiger partial charge is 0.194 e. The summed E-state index contributed by atoms with van der Waals surface area (Å²) in [6.45, 7) is 1.94. The van der Waals surface area contributed by atoms with Crippen molar-refractivity contribution in [2.24, 2.45) is 4.99 Å². The molecule has 0 aromatic heterocycles. The summed E-state index contributed by atoms with van der Waals surface area (Å²) in [6.07, 6.45) is 1.19. The average molecular weight is 378 g/mol. The fourth-order valence-electron chi connectivity index (χ4n) is 2.29. The second-order valence-corrected chi connectivity index (χ2v) is 5.21. The molecule has 0 unspecified atom stereocenters. The molecule has 1 heterocycles. The van der Waals surface area contributed by atoms with Gasteiger partial charge in [-0.2, -0.15) is 0 Å². The number of hydrogen-bond acceptors (Lipinski definition) is 3. The summed E-state index contributed by atoms with van der Waals surface area (Å²) in [7, 11) is 2.08. The second kappa shape index (κ2) is 5.65. The van der Waals surface area contributed by atoms with E-state index in [4.69, 9.17) is 11.6 Å². The van der Waals surface area contributed by atoms with Crippen LogP contribution in [-0.2, 0) is 0 Å². The van der Waals surface area contributed by atoms with E-state index >= 15 is 0 Å². The van der Waals surface area contributed by atoms with E-state index in [-0.39, 0.29) is 24.0 Å². The van der Waals surface area contributed by atoms with E-state index < -0.39 is 0 Å². The number of benzene rings is 1. The topological polar surface area (TPSA) is 27.6 Å². The van der Waals surface area contributed by atoms with E-state index in [1.165, 1.54) is 12.0 Å². The van der Waals surface area contributed by atoms with Gasteiger partial charge in [-0.1, -0.05) is 23.7 Å². The van der Waals surface area contributed by atoms with Gasteiger partial charge >= 0.3 is 0 Å². The third kappa shape index (κ3) is 2.91. The van der Waals surface area contributed by atoms with Crippen molar-refractivity contribution in [2.75, 3.05) is 20.1 Å². The van der Waals surface area contributed by atoms with Crippen LogP contribution in [-0.4, -0.2) is 37.0 Å². The van der Waals surface area contributed by atoms with Crippen LogP contribution in [0.3, 0.4) is 0 Å². The van der Waals surface area contributed by atoms with Gasteiger partial charge in [0.2, 0.25) is 0 Å². The minimum Gasteiger partial charge on any atom is -0.353 e. The fraction of sp³-hybridized carbons (Fsp3) is 0.462. The van der Waals surface area contributed by atoms with E-state index in [1.807, 2.05) is 12.1 Å². The predicted octanol–water partition coefficient (Wildman–Crippen LogP) is 2.70. The zero-order valence-corrected chi connectivity index (χ0v) is 13.4. The highest BCUT2D eigenvalue weighted by Gasteiger charge is 2.39. The number of nitrogens with one attached hydrogen (secondary N) is 1. The molecular weight excluding hydrogens is 361 g/mol. The van der Waals surface area contributed by atoms with Crippen LogP contribution in [0.2, 0.25) is 5.02 Å². The molecule has 1 aromatic carbocycles. The molecule has 1 aliphatic carbocycles. The Bertz CT molecular complexity index is 446.